The zero-order valence-corrected chi connectivity index (χ0v) is 14.3. The third-order valence-corrected chi connectivity index (χ3v) is 3.53. The van der Waals surface area contributed by atoms with E-state index < -0.39 is 0 Å². The largest absolute Gasteiger partial charge is 0.497 e. The first-order valence-corrected chi connectivity index (χ1v) is 7.77. The summed E-state index contributed by atoms with van der Waals surface area (Å²) >= 11 is 0. The third-order valence-electron chi connectivity index (χ3n) is 3.53. The van der Waals surface area contributed by atoms with Gasteiger partial charge in [-0.05, 0) is 56.7 Å². The van der Waals surface area contributed by atoms with Crippen molar-refractivity contribution in [2.45, 2.75) is 26.4 Å². The number of hydrogen-bond acceptors (Lipinski definition) is 4. The summed E-state index contributed by atoms with van der Waals surface area (Å²) < 4.78 is 16.4. The third kappa shape index (κ3) is 3.43. The van der Waals surface area contributed by atoms with Crippen molar-refractivity contribution in [1.82, 2.24) is 0 Å². The van der Waals surface area contributed by atoms with Gasteiger partial charge in [0.05, 0.1) is 12.7 Å². The zero-order chi connectivity index (χ0) is 17.3. The Kier molecular flexibility index (Phi) is 4.06. The molecule has 124 valence electrons. The van der Waals surface area contributed by atoms with E-state index in [1.165, 1.54) is 0 Å². The maximum Gasteiger partial charge on any atom is 0.344 e. The van der Waals surface area contributed by atoms with E-state index >= 15 is 0 Å². The van der Waals surface area contributed by atoms with Crippen LogP contribution in [0.25, 0.3) is 22.1 Å². The molecule has 2 aromatic carbocycles. The molecule has 0 unspecified atom stereocenters. The molecule has 0 amide bonds. The van der Waals surface area contributed by atoms with E-state index in [4.69, 9.17) is 13.9 Å². The summed E-state index contributed by atoms with van der Waals surface area (Å²) in [4.78, 5) is 12.3. The van der Waals surface area contributed by atoms with Crippen LogP contribution in [0.5, 0.6) is 11.5 Å². The molecular weight excluding hydrogens is 304 g/mol. The maximum absolute atomic E-state index is 12.3. The summed E-state index contributed by atoms with van der Waals surface area (Å²) in [7, 11) is 1.58. The van der Waals surface area contributed by atoms with Gasteiger partial charge in [-0.25, -0.2) is 4.79 Å². The Balaban J connectivity index is 2.00. The fourth-order valence-electron chi connectivity index (χ4n) is 2.48. The van der Waals surface area contributed by atoms with Crippen molar-refractivity contribution in [2.24, 2.45) is 0 Å². The minimum absolute atomic E-state index is 0.261. The van der Waals surface area contributed by atoms with Crippen LogP contribution in [0, 0.1) is 0 Å². The van der Waals surface area contributed by atoms with E-state index in [0.717, 1.165) is 16.7 Å². The molecule has 0 aliphatic heterocycles. The zero-order valence-electron chi connectivity index (χ0n) is 14.3. The van der Waals surface area contributed by atoms with E-state index in [9.17, 15) is 4.79 Å². The van der Waals surface area contributed by atoms with Crippen molar-refractivity contribution in [3.63, 3.8) is 0 Å². The molecule has 0 fully saturated rings. The van der Waals surface area contributed by atoms with Gasteiger partial charge >= 0.3 is 5.63 Å². The fraction of sp³-hybridized carbons (Fsp3) is 0.250. The highest BCUT2D eigenvalue weighted by atomic mass is 16.5. The quantitative estimate of drug-likeness (QED) is 0.658. The van der Waals surface area contributed by atoms with Crippen molar-refractivity contribution in [3.8, 4) is 22.6 Å². The van der Waals surface area contributed by atoms with Gasteiger partial charge in [0.1, 0.15) is 22.7 Å². The van der Waals surface area contributed by atoms with Crippen LogP contribution in [0.1, 0.15) is 20.8 Å². The van der Waals surface area contributed by atoms with Gasteiger partial charge < -0.3 is 13.9 Å². The van der Waals surface area contributed by atoms with Gasteiger partial charge in [0.2, 0.25) is 0 Å². The SMILES string of the molecule is COc1ccc2cc(-c3ccc(OC(C)(C)C)cc3)c(=O)oc2c1. The van der Waals surface area contributed by atoms with Crippen molar-refractivity contribution in [2.75, 3.05) is 7.11 Å². The van der Waals surface area contributed by atoms with Crippen LogP contribution in [0.3, 0.4) is 0 Å². The lowest BCUT2D eigenvalue weighted by Gasteiger charge is -2.21. The number of benzene rings is 2. The number of ether oxygens (including phenoxy) is 2. The Hall–Kier alpha value is -2.75. The lowest BCUT2D eigenvalue weighted by molar-refractivity contribution is 0.131. The fourth-order valence-corrected chi connectivity index (χ4v) is 2.48. The lowest BCUT2D eigenvalue weighted by atomic mass is 10.1. The van der Waals surface area contributed by atoms with Crippen LogP contribution >= 0.6 is 0 Å². The molecule has 0 saturated carbocycles. The second kappa shape index (κ2) is 6.04. The predicted octanol–water partition coefficient (Wildman–Crippen LogP) is 4.65. The minimum Gasteiger partial charge on any atom is -0.497 e. The maximum atomic E-state index is 12.3. The van der Waals surface area contributed by atoms with E-state index in [1.807, 2.05) is 63.2 Å². The topological polar surface area (TPSA) is 48.7 Å². The Morgan fingerprint density at radius 2 is 1.58 bits per heavy atom. The molecular formula is C20H20O4. The summed E-state index contributed by atoms with van der Waals surface area (Å²) in [5.41, 5.74) is 1.19. The van der Waals surface area contributed by atoms with E-state index in [2.05, 4.69) is 0 Å². The second-order valence-corrected chi connectivity index (χ2v) is 6.59. The molecule has 0 aliphatic rings. The molecule has 0 N–H and O–H groups in total. The summed E-state index contributed by atoms with van der Waals surface area (Å²) in [6.07, 6.45) is 0. The van der Waals surface area contributed by atoms with Gasteiger partial charge in [0.15, 0.2) is 0 Å². The van der Waals surface area contributed by atoms with Gasteiger partial charge in [-0.15, -0.1) is 0 Å². The second-order valence-electron chi connectivity index (χ2n) is 6.59. The van der Waals surface area contributed by atoms with Crippen LogP contribution in [0.4, 0.5) is 0 Å². The molecule has 3 aromatic rings. The Morgan fingerprint density at radius 1 is 0.917 bits per heavy atom. The van der Waals surface area contributed by atoms with E-state index in [1.54, 1.807) is 13.2 Å². The summed E-state index contributed by atoms with van der Waals surface area (Å²) in [6.45, 7) is 5.98. The summed E-state index contributed by atoms with van der Waals surface area (Å²) in [6, 6.07) is 14.7. The van der Waals surface area contributed by atoms with E-state index in [0.29, 0.717) is 16.9 Å². The smallest absolute Gasteiger partial charge is 0.344 e. The normalized spacial score (nSPS) is 11.5. The molecule has 0 saturated heterocycles. The number of rotatable bonds is 3. The average molecular weight is 324 g/mol. The first-order chi connectivity index (χ1) is 11.4. The number of hydrogen-bond donors (Lipinski definition) is 0. The molecule has 0 spiro atoms. The van der Waals surface area contributed by atoms with Crippen LogP contribution < -0.4 is 15.1 Å². The first kappa shape index (κ1) is 16.1. The Bertz CT molecular complexity index is 915. The highest BCUT2D eigenvalue weighted by molar-refractivity contribution is 5.82. The average Bonchev–Trinajstić information content (AvgIpc) is 2.53. The molecule has 0 bridgehead atoms. The van der Waals surface area contributed by atoms with Crippen molar-refractivity contribution in [3.05, 3.63) is 59.0 Å². The van der Waals surface area contributed by atoms with Crippen molar-refractivity contribution >= 4 is 11.0 Å². The molecule has 0 aliphatic carbocycles. The van der Waals surface area contributed by atoms with Crippen molar-refractivity contribution in [1.29, 1.82) is 0 Å². The van der Waals surface area contributed by atoms with E-state index in [-0.39, 0.29) is 11.2 Å². The molecule has 1 aromatic heterocycles. The van der Waals surface area contributed by atoms with Gasteiger partial charge in [0.25, 0.3) is 0 Å². The van der Waals surface area contributed by atoms with Crippen LogP contribution in [-0.4, -0.2) is 12.7 Å². The lowest BCUT2D eigenvalue weighted by Crippen LogP contribution is -2.22. The Morgan fingerprint density at radius 3 is 2.21 bits per heavy atom. The molecule has 3 rings (SSSR count). The highest BCUT2D eigenvalue weighted by Crippen LogP contribution is 2.26. The van der Waals surface area contributed by atoms with Crippen molar-refractivity contribution < 1.29 is 13.9 Å². The number of methoxy groups -OCH3 is 1. The Labute approximate surface area is 140 Å². The van der Waals surface area contributed by atoms with Gasteiger partial charge in [-0.1, -0.05) is 12.1 Å². The van der Waals surface area contributed by atoms with Gasteiger partial charge in [-0.3, -0.25) is 0 Å². The predicted molar refractivity (Wildman–Crippen MR) is 94.9 cm³/mol. The van der Waals surface area contributed by atoms with Gasteiger partial charge in [-0.2, -0.15) is 0 Å². The molecule has 1 heterocycles. The molecule has 4 heteroatoms. The monoisotopic (exact) mass is 324 g/mol. The van der Waals surface area contributed by atoms with Crippen LogP contribution in [-0.2, 0) is 0 Å². The molecule has 0 atom stereocenters. The van der Waals surface area contributed by atoms with Crippen LogP contribution in [0.2, 0.25) is 0 Å². The number of fused-ring (bicyclic) bond motifs is 1. The standard InChI is InChI=1S/C20H20O4/c1-20(2,3)24-15-8-5-13(6-9-15)17-11-14-7-10-16(22-4)12-18(14)23-19(17)21/h5-12H,1-4H3. The van der Waals surface area contributed by atoms with Gasteiger partial charge in [0, 0.05) is 11.5 Å². The minimum atomic E-state index is -0.375. The van der Waals surface area contributed by atoms with Crippen LogP contribution in [0.15, 0.2) is 57.7 Å². The highest BCUT2D eigenvalue weighted by Gasteiger charge is 2.13. The molecule has 24 heavy (non-hydrogen) atoms. The molecule has 4 nitrogen and oxygen atoms in total. The summed E-state index contributed by atoms with van der Waals surface area (Å²) in [5.74, 6) is 1.42. The summed E-state index contributed by atoms with van der Waals surface area (Å²) in [5, 5.41) is 0.848. The molecule has 0 radical (unpaired) electrons. The first-order valence-electron chi connectivity index (χ1n) is 7.77.